The Morgan fingerprint density at radius 1 is 0.933 bits per heavy atom. The Bertz CT molecular complexity index is 1130. The van der Waals surface area contributed by atoms with Crippen LogP contribution in [0.2, 0.25) is 0 Å². The van der Waals surface area contributed by atoms with Crippen LogP contribution in [0.5, 0.6) is 11.5 Å². The first-order valence-corrected chi connectivity index (χ1v) is 9.31. The van der Waals surface area contributed by atoms with Crippen molar-refractivity contribution in [3.05, 3.63) is 84.3 Å². The number of carbonyl (C=O) groups excluding carboxylic acids is 1. The lowest BCUT2D eigenvalue weighted by atomic mass is 10.2. The van der Waals surface area contributed by atoms with Crippen LogP contribution in [0.15, 0.2) is 73.2 Å². The number of rotatable bonds is 4. The van der Waals surface area contributed by atoms with Gasteiger partial charge in [0.25, 0.3) is 0 Å². The second-order valence-corrected chi connectivity index (χ2v) is 6.08. The number of pyridine rings is 1. The molecule has 0 saturated heterocycles. The van der Waals surface area contributed by atoms with Gasteiger partial charge in [0, 0.05) is 29.0 Å². The highest BCUT2D eigenvalue weighted by Crippen LogP contribution is 2.32. The average molecular weight is 412 g/mol. The van der Waals surface area contributed by atoms with Crippen LogP contribution in [-0.4, -0.2) is 15.8 Å². The standard InChI is InChI=1S/C21H13F3N2O2.C2H6/c22-21(23,24)15-1-5-17(6-2-15)28-18-7-3-16(4-8-18)26-12-14(13-27)19-9-10-25-11-20(19)26;1-2/h1-13H;1-2H3. The minimum absolute atomic E-state index is 0.305. The van der Waals surface area contributed by atoms with Crippen LogP contribution in [0.4, 0.5) is 13.2 Å². The molecule has 0 aliphatic heterocycles. The van der Waals surface area contributed by atoms with Gasteiger partial charge in [0.1, 0.15) is 11.5 Å². The predicted octanol–water partition coefficient (Wildman–Crippen LogP) is 6.68. The number of halogens is 3. The molecule has 0 N–H and O–H groups in total. The molecule has 7 heteroatoms. The van der Waals surface area contributed by atoms with E-state index in [2.05, 4.69) is 4.98 Å². The molecule has 0 atom stereocenters. The molecular weight excluding hydrogens is 393 g/mol. The van der Waals surface area contributed by atoms with Gasteiger partial charge in [-0.1, -0.05) is 13.8 Å². The van der Waals surface area contributed by atoms with Gasteiger partial charge in [-0.05, 0) is 54.6 Å². The molecule has 0 amide bonds. The van der Waals surface area contributed by atoms with E-state index in [4.69, 9.17) is 4.74 Å². The summed E-state index contributed by atoms with van der Waals surface area (Å²) in [5.74, 6) is 0.785. The van der Waals surface area contributed by atoms with Gasteiger partial charge in [0.15, 0.2) is 6.29 Å². The van der Waals surface area contributed by atoms with Gasteiger partial charge < -0.3 is 9.30 Å². The zero-order valence-corrected chi connectivity index (χ0v) is 16.4. The van der Waals surface area contributed by atoms with Crippen molar-refractivity contribution in [1.29, 1.82) is 0 Å². The lowest BCUT2D eigenvalue weighted by Gasteiger charge is -2.10. The van der Waals surface area contributed by atoms with E-state index in [1.165, 1.54) is 12.1 Å². The van der Waals surface area contributed by atoms with Crippen molar-refractivity contribution in [3.63, 3.8) is 0 Å². The Kier molecular flexibility index (Phi) is 6.20. The molecule has 2 aromatic carbocycles. The number of alkyl halides is 3. The summed E-state index contributed by atoms with van der Waals surface area (Å²) in [4.78, 5) is 15.4. The fourth-order valence-corrected chi connectivity index (χ4v) is 2.93. The number of aldehydes is 1. The summed E-state index contributed by atoms with van der Waals surface area (Å²) in [6.45, 7) is 4.00. The van der Waals surface area contributed by atoms with Crippen LogP contribution in [0, 0.1) is 0 Å². The highest BCUT2D eigenvalue weighted by atomic mass is 19.4. The number of nitrogens with zero attached hydrogens (tertiary/aromatic N) is 2. The van der Waals surface area contributed by atoms with Gasteiger partial charge in [-0.25, -0.2) is 0 Å². The minimum Gasteiger partial charge on any atom is -0.457 e. The summed E-state index contributed by atoms with van der Waals surface area (Å²) in [6.07, 6.45) is 1.44. The van der Waals surface area contributed by atoms with Gasteiger partial charge in [-0.3, -0.25) is 9.78 Å². The van der Waals surface area contributed by atoms with Crippen molar-refractivity contribution < 1.29 is 22.7 Å². The molecule has 2 heterocycles. The third kappa shape index (κ3) is 4.35. The quantitative estimate of drug-likeness (QED) is 0.351. The molecule has 2 aromatic heterocycles. The topological polar surface area (TPSA) is 44.1 Å². The van der Waals surface area contributed by atoms with Gasteiger partial charge >= 0.3 is 6.18 Å². The molecule has 0 saturated carbocycles. The summed E-state index contributed by atoms with van der Waals surface area (Å²) in [7, 11) is 0. The van der Waals surface area contributed by atoms with E-state index < -0.39 is 11.7 Å². The van der Waals surface area contributed by atoms with Crippen LogP contribution in [-0.2, 0) is 6.18 Å². The molecule has 4 rings (SSSR count). The maximum atomic E-state index is 12.6. The van der Waals surface area contributed by atoms with E-state index in [-0.39, 0.29) is 0 Å². The van der Waals surface area contributed by atoms with Crippen LogP contribution in [0.1, 0.15) is 29.8 Å². The predicted molar refractivity (Wildman–Crippen MR) is 109 cm³/mol. The Morgan fingerprint density at radius 2 is 1.53 bits per heavy atom. The largest absolute Gasteiger partial charge is 0.457 e. The molecule has 0 bridgehead atoms. The van der Waals surface area contributed by atoms with Crippen molar-refractivity contribution in [1.82, 2.24) is 9.55 Å². The first kappa shape index (κ1) is 21.1. The third-order valence-electron chi connectivity index (χ3n) is 4.30. The Labute approximate surface area is 171 Å². The van der Waals surface area contributed by atoms with Gasteiger partial charge in [-0.2, -0.15) is 13.2 Å². The first-order chi connectivity index (χ1) is 14.5. The molecule has 0 aliphatic rings. The smallest absolute Gasteiger partial charge is 0.416 e. The van der Waals surface area contributed by atoms with Crippen molar-refractivity contribution in [2.75, 3.05) is 0 Å². The Hall–Kier alpha value is -3.61. The average Bonchev–Trinajstić information content (AvgIpc) is 3.14. The fourth-order valence-electron chi connectivity index (χ4n) is 2.93. The Morgan fingerprint density at radius 3 is 2.10 bits per heavy atom. The molecular formula is C23H19F3N2O2. The second-order valence-electron chi connectivity index (χ2n) is 6.08. The van der Waals surface area contributed by atoms with E-state index in [0.29, 0.717) is 17.1 Å². The van der Waals surface area contributed by atoms with E-state index in [1.807, 2.05) is 18.4 Å². The van der Waals surface area contributed by atoms with Crippen LogP contribution < -0.4 is 4.74 Å². The molecule has 4 nitrogen and oxygen atoms in total. The number of fused-ring (bicyclic) bond motifs is 1. The summed E-state index contributed by atoms with van der Waals surface area (Å²) >= 11 is 0. The molecule has 0 aliphatic carbocycles. The number of aromatic nitrogens is 2. The summed E-state index contributed by atoms with van der Waals surface area (Å²) in [5, 5.41) is 0.801. The maximum absolute atomic E-state index is 12.6. The van der Waals surface area contributed by atoms with E-state index >= 15 is 0 Å². The zero-order valence-electron chi connectivity index (χ0n) is 16.4. The highest BCUT2D eigenvalue weighted by Gasteiger charge is 2.30. The van der Waals surface area contributed by atoms with Gasteiger partial charge in [-0.15, -0.1) is 0 Å². The lowest BCUT2D eigenvalue weighted by Crippen LogP contribution is -2.03. The Balaban J connectivity index is 0.00000124. The van der Waals surface area contributed by atoms with E-state index in [0.717, 1.165) is 35.0 Å². The molecule has 0 spiro atoms. The minimum atomic E-state index is -4.38. The second kappa shape index (κ2) is 8.82. The van der Waals surface area contributed by atoms with Crippen LogP contribution in [0.25, 0.3) is 16.6 Å². The first-order valence-electron chi connectivity index (χ1n) is 9.31. The lowest BCUT2D eigenvalue weighted by molar-refractivity contribution is -0.137. The van der Waals surface area contributed by atoms with Crippen molar-refractivity contribution in [2.45, 2.75) is 20.0 Å². The third-order valence-corrected chi connectivity index (χ3v) is 4.30. The highest BCUT2D eigenvalue weighted by molar-refractivity contribution is 5.98. The number of benzene rings is 2. The number of carbonyl (C=O) groups is 1. The molecule has 154 valence electrons. The van der Waals surface area contributed by atoms with E-state index in [1.54, 1.807) is 48.9 Å². The van der Waals surface area contributed by atoms with Gasteiger partial charge in [0.05, 0.1) is 17.3 Å². The van der Waals surface area contributed by atoms with Crippen LogP contribution in [0.3, 0.4) is 0 Å². The molecule has 4 aromatic rings. The van der Waals surface area contributed by atoms with Gasteiger partial charge in [0.2, 0.25) is 0 Å². The van der Waals surface area contributed by atoms with Crippen LogP contribution >= 0.6 is 0 Å². The van der Waals surface area contributed by atoms with E-state index in [9.17, 15) is 18.0 Å². The molecule has 0 radical (unpaired) electrons. The monoisotopic (exact) mass is 412 g/mol. The van der Waals surface area contributed by atoms with Crippen molar-refractivity contribution in [3.8, 4) is 17.2 Å². The molecule has 0 unspecified atom stereocenters. The zero-order chi connectivity index (χ0) is 21.7. The van der Waals surface area contributed by atoms with Crippen molar-refractivity contribution >= 4 is 17.2 Å². The summed E-state index contributed by atoms with van der Waals surface area (Å²) < 4.78 is 45.3. The number of hydrogen-bond acceptors (Lipinski definition) is 3. The molecule has 0 fully saturated rings. The SMILES string of the molecule is CC.O=Cc1cn(-c2ccc(Oc3ccc(C(F)(F)F)cc3)cc2)c2cnccc12. The van der Waals surface area contributed by atoms with Crippen molar-refractivity contribution in [2.24, 2.45) is 0 Å². The summed E-state index contributed by atoms with van der Waals surface area (Å²) in [6, 6.07) is 13.3. The number of hydrogen-bond donors (Lipinski definition) is 0. The fraction of sp³-hybridized carbons (Fsp3) is 0.130. The maximum Gasteiger partial charge on any atom is 0.416 e. The normalized spacial score (nSPS) is 11.0. The molecule has 30 heavy (non-hydrogen) atoms. The number of ether oxygens (including phenoxy) is 1. The summed E-state index contributed by atoms with van der Waals surface area (Å²) in [5.41, 5.74) is 1.42.